The zero-order chi connectivity index (χ0) is 12.5. The van der Waals surface area contributed by atoms with Crippen LogP contribution in [0.5, 0.6) is 0 Å². The van der Waals surface area contributed by atoms with Crippen LogP contribution in [0.3, 0.4) is 0 Å². The molecule has 0 radical (unpaired) electrons. The van der Waals surface area contributed by atoms with E-state index in [1.54, 1.807) is 0 Å². The van der Waals surface area contributed by atoms with Crippen LogP contribution in [0.1, 0.15) is 59.3 Å². The summed E-state index contributed by atoms with van der Waals surface area (Å²) in [5.74, 6) is 0. The summed E-state index contributed by atoms with van der Waals surface area (Å²) in [5.41, 5.74) is 0.466. The molecule has 0 bridgehead atoms. The van der Waals surface area contributed by atoms with Gasteiger partial charge in [-0.2, -0.15) is 0 Å². The lowest BCUT2D eigenvalue weighted by molar-refractivity contribution is 0.130. The van der Waals surface area contributed by atoms with Crippen molar-refractivity contribution in [3.8, 4) is 0 Å². The van der Waals surface area contributed by atoms with Gasteiger partial charge in [-0.25, -0.2) is 0 Å². The summed E-state index contributed by atoms with van der Waals surface area (Å²) in [5, 5.41) is 3.75. The fraction of sp³-hybridized carbons (Fsp3) is 1.00. The van der Waals surface area contributed by atoms with Crippen molar-refractivity contribution in [1.29, 1.82) is 0 Å². The van der Waals surface area contributed by atoms with Gasteiger partial charge in [0.05, 0.1) is 0 Å². The Labute approximate surface area is 107 Å². The summed E-state index contributed by atoms with van der Waals surface area (Å²) in [6.07, 6.45) is 8.47. The molecule has 0 aromatic rings. The molecular weight excluding hydrogens is 208 g/mol. The minimum atomic E-state index is 0.466. The average Bonchev–Trinajstić information content (AvgIpc) is 2.88. The molecule has 0 aliphatic heterocycles. The second kappa shape index (κ2) is 5.27. The molecule has 0 aromatic carbocycles. The van der Waals surface area contributed by atoms with Crippen molar-refractivity contribution in [1.82, 2.24) is 10.2 Å². The molecular formula is C15H30N2. The van der Waals surface area contributed by atoms with Crippen molar-refractivity contribution in [3.63, 3.8) is 0 Å². The van der Waals surface area contributed by atoms with E-state index in [-0.39, 0.29) is 0 Å². The lowest BCUT2D eigenvalue weighted by Gasteiger charge is -2.38. The van der Waals surface area contributed by atoms with Gasteiger partial charge < -0.3 is 5.32 Å². The minimum Gasteiger partial charge on any atom is -0.312 e. The van der Waals surface area contributed by atoms with Gasteiger partial charge in [-0.3, -0.25) is 4.90 Å². The number of nitrogens with zero attached hydrogens (tertiary/aromatic N) is 1. The molecule has 17 heavy (non-hydrogen) atoms. The molecule has 0 aromatic heterocycles. The predicted molar refractivity (Wildman–Crippen MR) is 74.3 cm³/mol. The monoisotopic (exact) mass is 238 g/mol. The van der Waals surface area contributed by atoms with E-state index in [2.05, 4.69) is 38.0 Å². The summed E-state index contributed by atoms with van der Waals surface area (Å²) in [6, 6.07) is 2.29. The molecule has 100 valence electrons. The molecule has 0 spiro atoms. The lowest BCUT2D eigenvalue weighted by atomic mass is 9.86. The van der Waals surface area contributed by atoms with Crippen LogP contribution in [0, 0.1) is 5.41 Å². The predicted octanol–water partition coefficient (Wildman–Crippen LogP) is 3.03. The number of hydrogen-bond acceptors (Lipinski definition) is 2. The topological polar surface area (TPSA) is 15.3 Å². The number of hydrogen-bond donors (Lipinski definition) is 1. The number of rotatable bonds is 4. The molecule has 0 heterocycles. The molecule has 0 amide bonds. The summed E-state index contributed by atoms with van der Waals surface area (Å²) in [6.45, 7) is 8.20. The van der Waals surface area contributed by atoms with Crippen LogP contribution in [0.2, 0.25) is 0 Å². The number of nitrogens with one attached hydrogen (secondary N) is 1. The average molecular weight is 238 g/mol. The molecule has 2 nitrogen and oxygen atoms in total. The Kier molecular flexibility index (Phi) is 4.14. The number of likely N-dealkylation sites (N-methyl/N-ethyl adjacent to an activating group) is 2. The Balaban J connectivity index is 2.03. The molecule has 2 rings (SSSR count). The van der Waals surface area contributed by atoms with Crippen molar-refractivity contribution in [2.45, 2.75) is 77.4 Å². The molecule has 2 saturated carbocycles. The van der Waals surface area contributed by atoms with E-state index < -0.39 is 0 Å². The molecule has 2 fully saturated rings. The molecule has 2 aliphatic carbocycles. The highest BCUT2D eigenvalue weighted by molar-refractivity contribution is 5.01. The molecule has 0 saturated heterocycles. The van der Waals surface area contributed by atoms with Crippen molar-refractivity contribution in [3.05, 3.63) is 0 Å². The minimum absolute atomic E-state index is 0.466. The third-order valence-electron chi connectivity index (χ3n) is 5.16. The van der Waals surface area contributed by atoms with Crippen LogP contribution < -0.4 is 5.32 Å². The van der Waals surface area contributed by atoms with Crippen LogP contribution in [-0.4, -0.2) is 36.6 Å². The maximum atomic E-state index is 3.75. The van der Waals surface area contributed by atoms with Crippen LogP contribution in [0.25, 0.3) is 0 Å². The first kappa shape index (κ1) is 13.4. The summed E-state index contributed by atoms with van der Waals surface area (Å²) < 4.78 is 0. The first-order valence-electron chi connectivity index (χ1n) is 7.51. The van der Waals surface area contributed by atoms with Gasteiger partial charge >= 0.3 is 0 Å². The van der Waals surface area contributed by atoms with Crippen LogP contribution >= 0.6 is 0 Å². The zero-order valence-electron chi connectivity index (χ0n) is 12.1. The van der Waals surface area contributed by atoms with Crippen LogP contribution in [0.15, 0.2) is 0 Å². The van der Waals surface area contributed by atoms with E-state index in [1.165, 1.54) is 38.5 Å². The second-order valence-electron chi connectivity index (χ2n) is 6.73. The molecule has 2 heteroatoms. The SMILES string of the molecule is CCNC1C(N(C)C2CCCC2)CCC1(C)C. The van der Waals surface area contributed by atoms with Crippen LogP contribution in [0.4, 0.5) is 0 Å². The van der Waals surface area contributed by atoms with Gasteiger partial charge in [-0.15, -0.1) is 0 Å². The second-order valence-corrected chi connectivity index (χ2v) is 6.73. The molecule has 2 unspecified atom stereocenters. The summed E-state index contributed by atoms with van der Waals surface area (Å²) in [7, 11) is 2.37. The van der Waals surface area contributed by atoms with E-state index >= 15 is 0 Å². The molecule has 2 aliphatic rings. The fourth-order valence-electron chi connectivity index (χ4n) is 4.02. The Morgan fingerprint density at radius 1 is 1.18 bits per heavy atom. The van der Waals surface area contributed by atoms with Crippen molar-refractivity contribution in [2.75, 3.05) is 13.6 Å². The quantitative estimate of drug-likeness (QED) is 0.810. The highest BCUT2D eigenvalue weighted by Gasteiger charge is 2.44. The van der Waals surface area contributed by atoms with Gasteiger partial charge in [-0.05, 0) is 44.7 Å². The molecule has 2 atom stereocenters. The van der Waals surface area contributed by atoms with E-state index in [0.29, 0.717) is 11.5 Å². The maximum Gasteiger partial charge on any atom is 0.0274 e. The highest BCUT2D eigenvalue weighted by Crippen LogP contribution is 2.41. The van der Waals surface area contributed by atoms with E-state index in [4.69, 9.17) is 0 Å². The van der Waals surface area contributed by atoms with Gasteiger partial charge in [0.15, 0.2) is 0 Å². The summed E-state index contributed by atoms with van der Waals surface area (Å²) in [4.78, 5) is 2.70. The third-order valence-corrected chi connectivity index (χ3v) is 5.16. The standard InChI is InChI=1S/C15H30N2/c1-5-16-14-13(10-11-15(14,2)3)17(4)12-8-6-7-9-12/h12-14,16H,5-11H2,1-4H3. The lowest BCUT2D eigenvalue weighted by Crippen LogP contribution is -2.52. The van der Waals surface area contributed by atoms with Crippen molar-refractivity contribution >= 4 is 0 Å². The maximum absolute atomic E-state index is 3.75. The first-order chi connectivity index (χ1) is 8.06. The van der Waals surface area contributed by atoms with E-state index in [9.17, 15) is 0 Å². The highest BCUT2D eigenvalue weighted by atomic mass is 15.2. The largest absolute Gasteiger partial charge is 0.312 e. The van der Waals surface area contributed by atoms with Crippen molar-refractivity contribution in [2.24, 2.45) is 5.41 Å². The van der Waals surface area contributed by atoms with Gasteiger partial charge in [0, 0.05) is 18.1 Å². The third kappa shape index (κ3) is 2.68. The van der Waals surface area contributed by atoms with E-state index in [1.807, 2.05) is 0 Å². The van der Waals surface area contributed by atoms with Crippen LogP contribution in [-0.2, 0) is 0 Å². The molecule has 1 N–H and O–H groups in total. The smallest absolute Gasteiger partial charge is 0.0274 e. The Hall–Kier alpha value is -0.0800. The Morgan fingerprint density at radius 3 is 2.41 bits per heavy atom. The normalized spacial score (nSPS) is 33.7. The fourth-order valence-corrected chi connectivity index (χ4v) is 4.02. The first-order valence-corrected chi connectivity index (χ1v) is 7.51. The van der Waals surface area contributed by atoms with Gasteiger partial charge in [-0.1, -0.05) is 33.6 Å². The van der Waals surface area contributed by atoms with Gasteiger partial charge in [0.2, 0.25) is 0 Å². The van der Waals surface area contributed by atoms with Gasteiger partial charge in [0.25, 0.3) is 0 Å². The van der Waals surface area contributed by atoms with Crippen molar-refractivity contribution < 1.29 is 0 Å². The Bertz CT molecular complexity index is 243. The Morgan fingerprint density at radius 2 is 1.82 bits per heavy atom. The zero-order valence-corrected chi connectivity index (χ0v) is 12.1. The summed E-state index contributed by atoms with van der Waals surface area (Å²) >= 11 is 0. The van der Waals surface area contributed by atoms with Gasteiger partial charge in [0.1, 0.15) is 0 Å². The van der Waals surface area contributed by atoms with E-state index in [0.717, 1.165) is 18.6 Å².